The van der Waals surface area contributed by atoms with E-state index >= 15 is 0 Å². The summed E-state index contributed by atoms with van der Waals surface area (Å²) in [6, 6.07) is 17.3. The van der Waals surface area contributed by atoms with E-state index in [9.17, 15) is 4.79 Å². The molecule has 0 saturated heterocycles. The first-order valence-corrected chi connectivity index (χ1v) is 13.8. The standard InChI is InChI=1S/C30H36N6O2S/c1-6-9-15-38-24-12-10-11-22(18-24)29(37)32-30(39)31-25-19-27-26(17-20(25)4)33-36(34-27)28-14-13-23(16-21(28)5)35(7-2)8-3/h10-14,16-19H,6-9,15H2,1-5H3,(H2,31,32,37,39). The van der Waals surface area contributed by atoms with E-state index in [4.69, 9.17) is 27.2 Å². The van der Waals surface area contributed by atoms with Crippen LogP contribution in [0.1, 0.15) is 55.1 Å². The first kappa shape index (κ1) is 28.0. The fourth-order valence-electron chi connectivity index (χ4n) is 4.35. The molecule has 8 nitrogen and oxygen atoms in total. The van der Waals surface area contributed by atoms with Crippen LogP contribution in [0.2, 0.25) is 0 Å². The summed E-state index contributed by atoms with van der Waals surface area (Å²) in [7, 11) is 0. The van der Waals surface area contributed by atoms with Crippen molar-refractivity contribution in [3.05, 3.63) is 71.3 Å². The maximum absolute atomic E-state index is 12.8. The predicted molar refractivity (Wildman–Crippen MR) is 162 cm³/mol. The molecule has 1 amide bonds. The van der Waals surface area contributed by atoms with Gasteiger partial charge in [-0.05, 0) is 106 Å². The zero-order chi connectivity index (χ0) is 27.9. The maximum atomic E-state index is 12.8. The molecule has 3 aromatic carbocycles. The normalized spacial score (nSPS) is 10.9. The Morgan fingerprint density at radius 2 is 1.72 bits per heavy atom. The lowest BCUT2D eigenvalue weighted by Gasteiger charge is -2.22. The molecule has 0 aliphatic heterocycles. The van der Waals surface area contributed by atoms with Crippen molar-refractivity contribution in [3.63, 3.8) is 0 Å². The topological polar surface area (TPSA) is 84.3 Å². The minimum absolute atomic E-state index is 0.204. The number of unbranched alkanes of at least 4 members (excludes halogenated alkanes) is 1. The van der Waals surface area contributed by atoms with E-state index in [-0.39, 0.29) is 11.0 Å². The minimum Gasteiger partial charge on any atom is -0.494 e. The van der Waals surface area contributed by atoms with E-state index in [0.717, 1.165) is 59.5 Å². The second-order valence-electron chi connectivity index (χ2n) is 9.43. The second kappa shape index (κ2) is 12.7. The molecule has 4 aromatic rings. The Morgan fingerprint density at radius 1 is 0.974 bits per heavy atom. The molecule has 0 saturated carbocycles. The predicted octanol–water partition coefficient (Wildman–Crippen LogP) is 6.19. The van der Waals surface area contributed by atoms with Gasteiger partial charge in [-0.3, -0.25) is 10.1 Å². The number of amides is 1. The van der Waals surface area contributed by atoms with Crippen LogP contribution in [-0.2, 0) is 0 Å². The van der Waals surface area contributed by atoms with Crippen LogP contribution in [0.25, 0.3) is 16.7 Å². The van der Waals surface area contributed by atoms with Crippen LogP contribution < -0.4 is 20.3 Å². The van der Waals surface area contributed by atoms with Crippen molar-refractivity contribution in [2.75, 3.05) is 29.9 Å². The van der Waals surface area contributed by atoms with Gasteiger partial charge >= 0.3 is 0 Å². The van der Waals surface area contributed by atoms with Crippen LogP contribution in [0.3, 0.4) is 0 Å². The number of anilines is 2. The van der Waals surface area contributed by atoms with Crippen LogP contribution in [0, 0.1) is 13.8 Å². The highest BCUT2D eigenvalue weighted by atomic mass is 32.1. The number of carbonyl (C=O) groups is 1. The number of hydrogen-bond donors (Lipinski definition) is 2. The quantitative estimate of drug-likeness (QED) is 0.182. The number of carbonyl (C=O) groups excluding carboxylic acids is 1. The highest BCUT2D eigenvalue weighted by Crippen LogP contribution is 2.25. The van der Waals surface area contributed by atoms with E-state index in [1.807, 2.05) is 25.1 Å². The summed E-state index contributed by atoms with van der Waals surface area (Å²) in [5, 5.41) is 15.5. The largest absolute Gasteiger partial charge is 0.494 e. The van der Waals surface area contributed by atoms with E-state index in [2.05, 4.69) is 61.4 Å². The molecule has 0 unspecified atom stereocenters. The van der Waals surface area contributed by atoms with Gasteiger partial charge in [-0.15, -0.1) is 10.2 Å². The van der Waals surface area contributed by atoms with E-state index in [1.54, 1.807) is 23.0 Å². The van der Waals surface area contributed by atoms with E-state index in [1.165, 1.54) is 5.69 Å². The molecule has 0 atom stereocenters. The number of hydrogen-bond acceptors (Lipinski definition) is 6. The number of nitrogens with one attached hydrogen (secondary N) is 2. The fraction of sp³-hybridized carbons (Fsp3) is 0.333. The molecule has 1 aromatic heterocycles. The zero-order valence-corrected chi connectivity index (χ0v) is 24.1. The molecule has 39 heavy (non-hydrogen) atoms. The van der Waals surface area contributed by atoms with Crippen molar-refractivity contribution < 1.29 is 9.53 Å². The van der Waals surface area contributed by atoms with E-state index in [0.29, 0.717) is 17.9 Å². The molecule has 0 spiro atoms. The lowest BCUT2D eigenvalue weighted by atomic mass is 10.1. The molecule has 1 heterocycles. The number of nitrogens with zero attached hydrogens (tertiary/aromatic N) is 4. The van der Waals surface area contributed by atoms with Crippen LogP contribution >= 0.6 is 12.2 Å². The van der Waals surface area contributed by atoms with Gasteiger partial charge in [0, 0.05) is 30.0 Å². The third kappa shape index (κ3) is 6.72. The maximum Gasteiger partial charge on any atom is 0.257 e. The average Bonchev–Trinajstić information content (AvgIpc) is 3.32. The number of benzene rings is 3. The number of thiocarbonyl (C=S) groups is 1. The Kier molecular flexibility index (Phi) is 9.14. The summed E-state index contributed by atoms with van der Waals surface area (Å²) in [6.45, 7) is 13.0. The first-order chi connectivity index (χ1) is 18.8. The molecule has 9 heteroatoms. The molecular weight excluding hydrogens is 508 g/mol. The number of fused-ring (bicyclic) bond motifs is 1. The molecule has 0 bridgehead atoms. The lowest BCUT2D eigenvalue weighted by molar-refractivity contribution is 0.0977. The Hall–Kier alpha value is -3.98. The number of aryl methyl sites for hydroxylation is 2. The summed E-state index contributed by atoms with van der Waals surface area (Å²) >= 11 is 5.45. The van der Waals surface area contributed by atoms with Crippen molar-refractivity contribution in [1.29, 1.82) is 0 Å². The molecule has 204 valence electrons. The van der Waals surface area contributed by atoms with Gasteiger partial charge < -0.3 is 15.0 Å². The van der Waals surface area contributed by atoms with Crippen LogP contribution in [0.15, 0.2) is 54.6 Å². The average molecular weight is 545 g/mol. The lowest BCUT2D eigenvalue weighted by Crippen LogP contribution is -2.34. The Morgan fingerprint density at radius 3 is 2.41 bits per heavy atom. The number of aromatic nitrogens is 3. The summed E-state index contributed by atoms with van der Waals surface area (Å²) in [6.07, 6.45) is 2.01. The highest BCUT2D eigenvalue weighted by Gasteiger charge is 2.14. The molecule has 4 rings (SSSR count). The zero-order valence-electron chi connectivity index (χ0n) is 23.2. The molecule has 0 radical (unpaired) electrons. The van der Waals surface area contributed by atoms with Gasteiger partial charge in [-0.2, -0.15) is 4.80 Å². The van der Waals surface area contributed by atoms with Gasteiger partial charge in [0.05, 0.1) is 12.3 Å². The molecule has 2 N–H and O–H groups in total. The van der Waals surface area contributed by atoms with Gasteiger partial charge in [0.15, 0.2) is 5.11 Å². The SMILES string of the molecule is CCCCOc1cccc(C(=O)NC(=S)Nc2cc3nn(-c4ccc(N(CC)CC)cc4C)nc3cc2C)c1. The van der Waals surface area contributed by atoms with Crippen molar-refractivity contribution in [2.45, 2.75) is 47.5 Å². The molecule has 0 fully saturated rings. The summed E-state index contributed by atoms with van der Waals surface area (Å²) in [4.78, 5) is 16.8. The molecular formula is C30H36N6O2S. The monoisotopic (exact) mass is 544 g/mol. The van der Waals surface area contributed by atoms with Crippen LogP contribution in [0.5, 0.6) is 5.75 Å². The molecule has 0 aliphatic carbocycles. The van der Waals surface area contributed by atoms with Gasteiger partial charge in [0.2, 0.25) is 0 Å². The first-order valence-electron chi connectivity index (χ1n) is 13.4. The Bertz CT molecular complexity index is 1480. The van der Waals surface area contributed by atoms with Crippen molar-refractivity contribution in [2.24, 2.45) is 0 Å². The summed E-state index contributed by atoms with van der Waals surface area (Å²) < 4.78 is 5.72. The van der Waals surface area contributed by atoms with Crippen molar-refractivity contribution in [1.82, 2.24) is 20.3 Å². The Labute approximate surface area is 235 Å². The highest BCUT2D eigenvalue weighted by molar-refractivity contribution is 7.80. The Balaban J connectivity index is 1.47. The molecule has 0 aliphatic rings. The third-order valence-corrected chi connectivity index (χ3v) is 6.79. The van der Waals surface area contributed by atoms with Crippen LogP contribution in [0.4, 0.5) is 11.4 Å². The number of rotatable bonds is 10. The van der Waals surface area contributed by atoms with Crippen LogP contribution in [-0.4, -0.2) is 45.7 Å². The van der Waals surface area contributed by atoms with E-state index < -0.39 is 0 Å². The second-order valence-corrected chi connectivity index (χ2v) is 9.83. The van der Waals surface area contributed by atoms with Crippen molar-refractivity contribution >= 4 is 45.6 Å². The smallest absolute Gasteiger partial charge is 0.257 e. The number of ether oxygens (including phenoxy) is 1. The summed E-state index contributed by atoms with van der Waals surface area (Å²) in [5.74, 6) is 0.360. The third-order valence-electron chi connectivity index (χ3n) is 6.59. The van der Waals surface area contributed by atoms with Gasteiger partial charge in [0.25, 0.3) is 5.91 Å². The van der Waals surface area contributed by atoms with Crippen molar-refractivity contribution in [3.8, 4) is 11.4 Å². The minimum atomic E-state index is -0.304. The van der Waals surface area contributed by atoms with Gasteiger partial charge in [0.1, 0.15) is 16.8 Å². The summed E-state index contributed by atoms with van der Waals surface area (Å²) in [5.41, 5.74) is 6.88. The fourth-order valence-corrected chi connectivity index (χ4v) is 4.55. The van der Waals surface area contributed by atoms with Gasteiger partial charge in [-0.25, -0.2) is 0 Å². The van der Waals surface area contributed by atoms with Gasteiger partial charge in [-0.1, -0.05) is 19.4 Å².